The van der Waals surface area contributed by atoms with E-state index in [1.54, 1.807) is 0 Å². The number of ether oxygens (including phenoxy) is 2. The van der Waals surface area contributed by atoms with Crippen molar-refractivity contribution < 1.29 is 28.6 Å². The molecule has 0 spiro atoms. The molecule has 1 unspecified atom stereocenters. The van der Waals surface area contributed by atoms with Crippen LogP contribution >= 0.6 is 0 Å². The Labute approximate surface area is 142 Å². The van der Waals surface area contributed by atoms with Crippen molar-refractivity contribution in [2.75, 3.05) is 6.61 Å². The molecule has 0 aromatic rings. The van der Waals surface area contributed by atoms with Crippen molar-refractivity contribution in [2.24, 2.45) is 11.8 Å². The van der Waals surface area contributed by atoms with Crippen molar-refractivity contribution >= 4 is 12.3 Å². The van der Waals surface area contributed by atoms with Crippen molar-refractivity contribution in [2.45, 2.75) is 69.9 Å². The maximum atomic E-state index is 14.1. The monoisotopic (exact) mass is 342 g/mol. The summed E-state index contributed by atoms with van der Waals surface area (Å²) in [5.74, 6) is -1.62. The van der Waals surface area contributed by atoms with Gasteiger partial charge in [0.15, 0.2) is 6.29 Å². The number of hydrogen-bond donors (Lipinski definition) is 1. The fraction of sp³-hybridized carbons (Fsp3) is 0.778. The Hall–Kier alpha value is -1.27. The number of carbonyl (C=O) groups excluding carboxylic acids is 1. The van der Waals surface area contributed by atoms with Gasteiger partial charge in [-0.1, -0.05) is 12.2 Å². The van der Waals surface area contributed by atoms with Gasteiger partial charge in [-0.15, -0.1) is 0 Å². The summed E-state index contributed by atoms with van der Waals surface area (Å²) in [7, 11) is 0. The van der Waals surface area contributed by atoms with Crippen LogP contribution in [0.5, 0.6) is 0 Å². The molecule has 0 aromatic heterocycles. The molecule has 6 heteroatoms. The normalized spacial score (nSPS) is 33.8. The summed E-state index contributed by atoms with van der Waals surface area (Å²) in [5, 5.41) is 8.60. The van der Waals surface area contributed by atoms with Gasteiger partial charge in [0.1, 0.15) is 12.5 Å². The molecule has 5 atom stereocenters. The quantitative estimate of drug-likeness (QED) is 0.395. The van der Waals surface area contributed by atoms with E-state index in [1.807, 2.05) is 12.2 Å². The first-order valence-electron chi connectivity index (χ1n) is 8.85. The SMILES string of the molecule is O=C[C@@H]1[C@@H](CC=CCCCC(=O)O)[C@@H](OC2CCCCO2)C[C@@H]1F. The maximum absolute atomic E-state index is 14.1. The summed E-state index contributed by atoms with van der Waals surface area (Å²) in [6, 6.07) is 0. The van der Waals surface area contributed by atoms with Crippen LogP contribution in [0.2, 0.25) is 0 Å². The second-order valence-electron chi connectivity index (χ2n) is 6.59. The van der Waals surface area contributed by atoms with Crippen LogP contribution in [0, 0.1) is 11.8 Å². The molecule has 136 valence electrons. The van der Waals surface area contributed by atoms with E-state index in [0.717, 1.165) is 19.3 Å². The van der Waals surface area contributed by atoms with Gasteiger partial charge in [0.25, 0.3) is 0 Å². The largest absolute Gasteiger partial charge is 0.481 e. The number of allylic oxidation sites excluding steroid dienone is 2. The van der Waals surface area contributed by atoms with Crippen molar-refractivity contribution in [3.8, 4) is 0 Å². The molecule has 2 fully saturated rings. The lowest BCUT2D eigenvalue weighted by Gasteiger charge is -2.29. The molecule has 0 radical (unpaired) electrons. The molecule has 24 heavy (non-hydrogen) atoms. The summed E-state index contributed by atoms with van der Waals surface area (Å²) in [5.41, 5.74) is 0. The molecule has 0 bridgehead atoms. The number of carboxylic acids is 1. The van der Waals surface area contributed by atoms with Crippen LogP contribution in [-0.2, 0) is 19.1 Å². The highest BCUT2D eigenvalue weighted by Gasteiger charge is 2.44. The smallest absolute Gasteiger partial charge is 0.303 e. The van der Waals surface area contributed by atoms with E-state index in [-0.39, 0.29) is 31.2 Å². The highest BCUT2D eigenvalue weighted by atomic mass is 19.1. The third-order valence-corrected chi connectivity index (χ3v) is 4.81. The number of hydrogen-bond acceptors (Lipinski definition) is 4. The summed E-state index contributed by atoms with van der Waals surface area (Å²) in [6.45, 7) is 0.668. The van der Waals surface area contributed by atoms with Gasteiger partial charge >= 0.3 is 5.97 Å². The van der Waals surface area contributed by atoms with E-state index in [1.165, 1.54) is 0 Å². The molecule has 1 aliphatic heterocycles. The standard InChI is InChI=1S/C18H27FO5/c19-15-11-16(24-18-9-5-6-10-23-18)13(14(15)12-20)7-3-1-2-4-8-17(21)22/h1,3,12-16,18H,2,4-11H2,(H,21,22)/t13-,14-,15+,16+,18?/m1/s1. The van der Waals surface area contributed by atoms with E-state index in [9.17, 15) is 14.0 Å². The fourth-order valence-electron chi connectivity index (χ4n) is 3.48. The molecule has 1 aliphatic carbocycles. The second kappa shape index (κ2) is 9.89. The van der Waals surface area contributed by atoms with Crippen LogP contribution < -0.4 is 0 Å². The summed E-state index contributed by atoms with van der Waals surface area (Å²) >= 11 is 0. The predicted octanol–water partition coefficient (Wildman–Crippen LogP) is 3.27. The Morgan fingerprint density at radius 2 is 2.17 bits per heavy atom. The van der Waals surface area contributed by atoms with Crippen LogP contribution in [-0.4, -0.2) is 42.5 Å². The molecule has 2 aliphatic rings. The minimum absolute atomic E-state index is 0.141. The minimum Gasteiger partial charge on any atom is -0.481 e. The average molecular weight is 342 g/mol. The molecule has 1 saturated heterocycles. The number of rotatable bonds is 9. The number of aldehydes is 1. The lowest BCUT2D eigenvalue weighted by molar-refractivity contribution is -0.195. The number of unbranched alkanes of at least 4 members (excludes halogenated alkanes) is 1. The molecule has 2 rings (SSSR count). The van der Waals surface area contributed by atoms with E-state index in [2.05, 4.69) is 0 Å². The third-order valence-electron chi connectivity index (χ3n) is 4.81. The molecule has 0 amide bonds. The summed E-state index contributed by atoms with van der Waals surface area (Å²) in [4.78, 5) is 21.7. The zero-order valence-electron chi connectivity index (χ0n) is 13.9. The Morgan fingerprint density at radius 1 is 1.33 bits per heavy atom. The average Bonchev–Trinajstić information content (AvgIpc) is 2.86. The van der Waals surface area contributed by atoms with Crippen molar-refractivity contribution in [3.05, 3.63) is 12.2 Å². The predicted molar refractivity (Wildman–Crippen MR) is 86.3 cm³/mol. The lowest BCUT2D eigenvalue weighted by atomic mass is 9.91. The van der Waals surface area contributed by atoms with Gasteiger partial charge < -0.3 is 19.4 Å². The minimum atomic E-state index is -1.17. The number of alkyl halides is 1. The highest BCUT2D eigenvalue weighted by molar-refractivity contribution is 5.66. The summed E-state index contributed by atoms with van der Waals surface area (Å²) < 4.78 is 25.6. The van der Waals surface area contributed by atoms with E-state index in [4.69, 9.17) is 14.6 Å². The molecule has 1 saturated carbocycles. The van der Waals surface area contributed by atoms with Crippen molar-refractivity contribution in [3.63, 3.8) is 0 Å². The number of aliphatic carboxylic acids is 1. The van der Waals surface area contributed by atoms with Crippen LogP contribution in [0.3, 0.4) is 0 Å². The van der Waals surface area contributed by atoms with Gasteiger partial charge in [-0.2, -0.15) is 0 Å². The molecule has 1 heterocycles. The van der Waals surface area contributed by atoms with Gasteiger partial charge in [-0.3, -0.25) is 4.79 Å². The Morgan fingerprint density at radius 3 is 2.83 bits per heavy atom. The van der Waals surface area contributed by atoms with Crippen LogP contribution in [0.1, 0.15) is 51.4 Å². The maximum Gasteiger partial charge on any atom is 0.303 e. The molecular weight excluding hydrogens is 315 g/mol. The van der Waals surface area contributed by atoms with Crippen LogP contribution in [0.25, 0.3) is 0 Å². The second-order valence-corrected chi connectivity index (χ2v) is 6.59. The van der Waals surface area contributed by atoms with Gasteiger partial charge in [0, 0.05) is 25.4 Å². The number of halogens is 1. The van der Waals surface area contributed by atoms with Gasteiger partial charge in [0.2, 0.25) is 0 Å². The number of carbonyl (C=O) groups is 2. The zero-order valence-corrected chi connectivity index (χ0v) is 13.9. The first-order chi connectivity index (χ1) is 11.6. The van der Waals surface area contributed by atoms with Crippen LogP contribution in [0.15, 0.2) is 12.2 Å². The first kappa shape index (κ1) is 19.1. The molecule has 0 aromatic carbocycles. The highest BCUT2D eigenvalue weighted by Crippen LogP contribution is 2.39. The zero-order chi connectivity index (χ0) is 17.4. The van der Waals surface area contributed by atoms with Crippen molar-refractivity contribution in [1.29, 1.82) is 0 Å². The van der Waals surface area contributed by atoms with E-state index >= 15 is 0 Å². The van der Waals surface area contributed by atoms with Crippen molar-refractivity contribution in [1.82, 2.24) is 0 Å². The molecular formula is C18H27FO5. The first-order valence-corrected chi connectivity index (χ1v) is 8.85. The van der Waals surface area contributed by atoms with Crippen LogP contribution in [0.4, 0.5) is 4.39 Å². The van der Waals surface area contributed by atoms with Gasteiger partial charge in [0.05, 0.1) is 12.0 Å². The Kier molecular flexibility index (Phi) is 7.85. The Bertz CT molecular complexity index is 433. The summed E-state index contributed by atoms with van der Waals surface area (Å²) in [6.07, 6.45) is 7.84. The number of carboxylic acid groups (broad SMARTS) is 1. The Balaban J connectivity index is 1.85. The molecule has 1 N–H and O–H groups in total. The topological polar surface area (TPSA) is 72.8 Å². The van der Waals surface area contributed by atoms with Gasteiger partial charge in [-0.05, 0) is 38.5 Å². The van der Waals surface area contributed by atoms with E-state index < -0.39 is 18.1 Å². The fourth-order valence-corrected chi connectivity index (χ4v) is 3.48. The molecule has 5 nitrogen and oxygen atoms in total. The van der Waals surface area contributed by atoms with E-state index in [0.29, 0.717) is 32.2 Å². The third kappa shape index (κ3) is 5.67. The lowest BCUT2D eigenvalue weighted by Crippen LogP contribution is -2.31. The van der Waals surface area contributed by atoms with Gasteiger partial charge in [-0.25, -0.2) is 4.39 Å².